The van der Waals surface area contributed by atoms with E-state index in [-0.39, 0.29) is 23.0 Å². The lowest BCUT2D eigenvalue weighted by molar-refractivity contribution is -0.132. The number of Topliss-reactive ketones (excluding diaryl/α,β-unsaturated/α-hetero) is 1. The van der Waals surface area contributed by atoms with Crippen molar-refractivity contribution in [1.29, 1.82) is 0 Å². The summed E-state index contributed by atoms with van der Waals surface area (Å²) < 4.78 is 5.26. The number of amides is 1. The Morgan fingerprint density at radius 3 is 2.35 bits per heavy atom. The molecule has 2 heterocycles. The van der Waals surface area contributed by atoms with Gasteiger partial charge in [0, 0.05) is 28.7 Å². The number of aromatic nitrogens is 1. The van der Waals surface area contributed by atoms with Gasteiger partial charge in [0.25, 0.3) is 11.7 Å². The van der Waals surface area contributed by atoms with Crippen LogP contribution in [0.5, 0.6) is 0 Å². The number of carbonyl (C=O) groups is 3. The van der Waals surface area contributed by atoms with Gasteiger partial charge >= 0.3 is 5.97 Å². The molecule has 7 nitrogen and oxygen atoms in total. The third kappa shape index (κ3) is 4.43. The number of hydrogen-bond donors (Lipinski definition) is 1. The van der Waals surface area contributed by atoms with Gasteiger partial charge in [0.05, 0.1) is 23.3 Å². The predicted octanol–water partition coefficient (Wildman–Crippen LogP) is 4.93. The quantitative estimate of drug-likeness (QED) is 0.243. The van der Waals surface area contributed by atoms with Crippen LogP contribution in [0.25, 0.3) is 5.76 Å². The van der Waals surface area contributed by atoms with Crippen LogP contribution < -0.4 is 4.90 Å². The van der Waals surface area contributed by atoms with Crippen molar-refractivity contribution in [3.05, 3.63) is 100 Å². The molecule has 1 aliphatic heterocycles. The third-order valence-electron chi connectivity index (χ3n) is 5.29. The summed E-state index contributed by atoms with van der Waals surface area (Å²) in [4.78, 5) is 44.1. The topological polar surface area (TPSA) is 96.8 Å². The second kappa shape index (κ2) is 9.49. The average Bonchev–Trinajstić information content (AvgIpc) is 3.10. The Morgan fingerprint density at radius 1 is 1.03 bits per heavy atom. The van der Waals surface area contributed by atoms with Gasteiger partial charge in [-0.15, -0.1) is 0 Å². The van der Waals surface area contributed by atoms with E-state index in [4.69, 9.17) is 16.3 Å². The molecule has 1 atom stereocenters. The van der Waals surface area contributed by atoms with Crippen molar-refractivity contribution in [2.24, 2.45) is 0 Å². The Hall–Kier alpha value is -3.97. The molecule has 0 saturated carbocycles. The standard InChI is InChI=1S/C26H21ClN2O5/c1-15(2)34-26(33)18-4-3-5-20(14-18)29-22(16-10-12-28-13-11-16)21(24(31)25(29)32)23(30)17-6-8-19(27)9-7-17/h3-15,22,30H,1-2H3/b23-21+. The zero-order valence-corrected chi connectivity index (χ0v) is 19.2. The lowest BCUT2D eigenvalue weighted by atomic mass is 9.95. The van der Waals surface area contributed by atoms with Gasteiger partial charge in [-0.25, -0.2) is 4.79 Å². The number of hydrogen-bond acceptors (Lipinski definition) is 6. The van der Waals surface area contributed by atoms with Crippen LogP contribution in [-0.4, -0.2) is 33.9 Å². The molecular formula is C26H21ClN2O5. The normalized spacial score (nSPS) is 17.3. The summed E-state index contributed by atoms with van der Waals surface area (Å²) in [5.41, 5.74) is 1.39. The number of aliphatic hydroxyl groups excluding tert-OH is 1. The second-order valence-electron chi connectivity index (χ2n) is 7.96. The zero-order chi connectivity index (χ0) is 24.4. The lowest BCUT2D eigenvalue weighted by Crippen LogP contribution is -2.29. The Balaban J connectivity index is 1.87. The van der Waals surface area contributed by atoms with E-state index in [1.165, 1.54) is 23.4 Å². The SMILES string of the molecule is CC(C)OC(=O)c1cccc(N2C(=O)C(=O)/C(=C(/O)c3ccc(Cl)cc3)C2c2ccncc2)c1. The maximum atomic E-state index is 13.2. The number of ketones is 1. The molecule has 4 rings (SSSR count). The number of aliphatic hydroxyl groups is 1. The number of halogens is 1. The molecule has 8 heteroatoms. The molecule has 1 amide bonds. The van der Waals surface area contributed by atoms with Gasteiger partial charge in [-0.1, -0.05) is 17.7 Å². The average molecular weight is 477 g/mol. The molecule has 3 aromatic rings. The first-order valence-electron chi connectivity index (χ1n) is 10.6. The lowest BCUT2D eigenvalue weighted by Gasteiger charge is -2.25. The van der Waals surface area contributed by atoms with Gasteiger partial charge in [0.1, 0.15) is 5.76 Å². The number of anilines is 1. The van der Waals surface area contributed by atoms with Gasteiger partial charge < -0.3 is 9.84 Å². The van der Waals surface area contributed by atoms with E-state index in [9.17, 15) is 19.5 Å². The van der Waals surface area contributed by atoms with Crippen molar-refractivity contribution >= 4 is 40.7 Å². The van der Waals surface area contributed by atoms with E-state index >= 15 is 0 Å². The van der Waals surface area contributed by atoms with E-state index < -0.39 is 23.7 Å². The first kappa shape index (κ1) is 23.2. The molecule has 1 aliphatic rings. The van der Waals surface area contributed by atoms with Crippen LogP contribution in [0, 0.1) is 0 Å². The minimum Gasteiger partial charge on any atom is -0.507 e. The van der Waals surface area contributed by atoms with Crippen molar-refractivity contribution in [2.75, 3.05) is 4.90 Å². The molecule has 0 radical (unpaired) electrons. The van der Waals surface area contributed by atoms with Crippen molar-refractivity contribution in [3.63, 3.8) is 0 Å². The van der Waals surface area contributed by atoms with Crippen molar-refractivity contribution < 1.29 is 24.2 Å². The van der Waals surface area contributed by atoms with Crippen LogP contribution in [0.3, 0.4) is 0 Å². The second-order valence-corrected chi connectivity index (χ2v) is 8.40. The van der Waals surface area contributed by atoms with Gasteiger partial charge in [-0.05, 0) is 74.0 Å². The molecule has 1 fully saturated rings. The molecule has 0 bridgehead atoms. The Labute approximate surface area is 201 Å². The van der Waals surface area contributed by atoms with E-state index in [0.717, 1.165) is 0 Å². The number of esters is 1. The minimum atomic E-state index is -0.935. The summed E-state index contributed by atoms with van der Waals surface area (Å²) in [6, 6.07) is 15.0. The maximum absolute atomic E-state index is 13.2. The van der Waals surface area contributed by atoms with E-state index in [0.29, 0.717) is 21.8 Å². The largest absolute Gasteiger partial charge is 0.507 e. The molecular weight excluding hydrogens is 456 g/mol. The van der Waals surface area contributed by atoms with Crippen molar-refractivity contribution in [2.45, 2.75) is 26.0 Å². The number of nitrogens with zero attached hydrogens (tertiary/aromatic N) is 2. The Morgan fingerprint density at radius 2 is 1.71 bits per heavy atom. The zero-order valence-electron chi connectivity index (χ0n) is 18.4. The van der Waals surface area contributed by atoms with Crippen LogP contribution in [-0.2, 0) is 14.3 Å². The number of carbonyl (C=O) groups excluding carboxylic acids is 3. The Kier molecular flexibility index (Phi) is 6.47. The molecule has 0 aliphatic carbocycles. The fourth-order valence-electron chi connectivity index (χ4n) is 3.79. The van der Waals surface area contributed by atoms with Crippen molar-refractivity contribution in [1.82, 2.24) is 4.98 Å². The fourth-order valence-corrected chi connectivity index (χ4v) is 3.91. The summed E-state index contributed by atoms with van der Waals surface area (Å²) in [5.74, 6) is -2.54. The van der Waals surface area contributed by atoms with E-state index in [1.54, 1.807) is 68.4 Å². The summed E-state index contributed by atoms with van der Waals surface area (Å²) in [5, 5.41) is 11.6. The number of benzene rings is 2. The molecule has 0 spiro atoms. The first-order chi connectivity index (χ1) is 16.3. The monoisotopic (exact) mass is 476 g/mol. The molecule has 2 aromatic carbocycles. The highest BCUT2D eigenvalue weighted by atomic mass is 35.5. The Bertz CT molecular complexity index is 1290. The fraction of sp³-hybridized carbons (Fsp3) is 0.154. The summed E-state index contributed by atoms with van der Waals surface area (Å²) >= 11 is 5.96. The van der Waals surface area contributed by atoms with Crippen LogP contribution in [0.15, 0.2) is 78.6 Å². The van der Waals surface area contributed by atoms with Crippen LogP contribution in [0.1, 0.15) is 41.4 Å². The number of ether oxygens (including phenoxy) is 1. The van der Waals surface area contributed by atoms with Gasteiger partial charge in [-0.3, -0.25) is 19.5 Å². The highest BCUT2D eigenvalue weighted by Crippen LogP contribution is 2.42. The van der Waals surface area contributed by atoms with Crippen molar-refractivity contribution in [3.8, 4) is 0 Å². The van der Waals surface area contributed by atoms with Gasteiger partial charge in [0.2, 0.25) is 0 Å². The molecule has 1 aromatic heterocycles. The predicted molar refractivity (Wildman–Crippen MR) is 127 cm³/mol. The smallest absolute Gasteiger partial charge is 0.338 e. The first-order valence-corrected chi connectivity index (χ1v) is 10.9. The molecule has 172 valence electrons. The highest BCUT2D eigenvalue weighted by molar-refractivity contribution is 6.51. The van der Waals surface area contributed by atoms with E-state index in [2.05, 4.69) is 4.98 Å². The van der Waals surface area contributed by atoms with Gasteiger partial charge in [-0.2, -0.15) is 0 Å². The number of pyridine rings is 1. The number of rotatable bonds is 5. The molecule has 1 unspecified atom stereocenters. The third-order valence-corrected chi connectivity index (χ3v) is 5.54. The summed E-state index contributed by atoms with van der Waals surface area (Å²) in [6.07, 6.45) is 2.75. The highest BCUT2D eigenvalue weighted by Gasteiger charge is 2.47. The van der Waals surface area contributed by atoms with Crippen LogP contribution in [0.4, 0.5) is 5.69 Å². The van der Waals surface area contributed by atoms with Crippen LogP contribution in [0.2, 0.25) is 5.02 Å². The molecule has 34 heavy (non-hydrogen) atoms. The minimum absolute atomic E-state index is 0.0753. The van der Waals surface area contributed by atoms with E-state index in [1.807, 2.05) is 0 Å². The van der Waals surface area contributed by atoms with Gasteiger partial charge in [0.15, 0.2) is 0 Å². The molecule has 1 N–H and O–H groups in total. The summed E-state index contributed by atoms with van der Waals surface area (Å²) in [7, 11) is 0. The maximum Gasteiger partial charge on any atom is 0.338 e. The van der Waals surface area contributed by atoms with Crippen LogP contribution >= 0.6 is 11.6 Å². The summed E-state index contributed by atoms with van der Waals surface area (Å²) in [6.45, 7) is 3.47. The molecule has 1 saturated heterocycles.